The van der Waals surface area contributed by atoms with Gasteiger partial charge in [0.2, 0.25) is 11.6 Å². The smallest absolute Gasteiger partial charge is 0.200 e. The van der Waals surface area contributed by atoms with Crippen molar-refractivity contribution in [3.8, 4) is 0 Å². The maximum atomic E-state index is 16.0. The van der Waals surface area contributed by atoms with Crippen molar-refractivity contribution in [1.29, 1.82) is 0 Å². The fourth-order valence-corrected chi connectivity index (χ4v) is 12.5. The number of rotatable bonds is 2. The molecule has 55 heavy (non-hydrogen) atoms. The summed E-state index contributed by atoms with van der Waals surface area (Å²) in [4.78, 5) is 0. The van der Waals surface area contributed by atoms with E-state index >= 15 is 43.9 Å². The summed E-state index contributed by atoms with van der Waals surface area (Å²) in [6.45, 7) is 2.38. The van der Waals surface area contributed by atoms with E-state index in [0.29, 0.717) is 0 Å². The molecule has 6 rings (SSSR count). The molecule has 2 aliphatic rings. The number of fused-ring (bicyclic) bond motifs is 4. The van der Waals surface area contributed by atoms with E-state index < -0.39 is 178 Å². The Balaban J connectivity index is 1.79. The predicted molar refractivity (Wildman–Crippen MR) is 163 cm³/mol. The summed E-state index contributed by atoms with van der Waals surface area (Å²) in [5.41, 5.74) is -2.61. The lowest BCUT2D eigenvalue weighted by Crippen LogP contribution is -2.34. The van der Waals surface area contributed by atoms with Crippen molar-refractivity contribution >= 4 is 37.1 Å². The highest BCUT2D eigenvalue weighted by atomic mass is 31.1. The highest BCUT2D eigenvalue weighted by molar-refractivity contribution is 7.76. The Kier molecular flexibility index (Phi) is 11.0. The van der Waals surface area contributed by atoms with Gasteiger partial charge in [-0.2, -0.15) is 0 Å². The summed E-state index contributed by atoms with van der Waals surface area (Å²) in [5, 5.41) is -7.35. The van der Waals surface area contributed by atoms with Gasteiger partial charge in [-0.3, -0.25) is 0 Å². The van der Waals surface area contributed by atoms with Crippen molar-refractivity contribution in [2.75, 3.05) is 12.3 Å². The summed E-state index contributed by atoms with van der Waals surface area (Å²) in [7, 11) is -7.99. The van der Waals surface area contributed by atoms with Crippen LogP contribution in [0.1, 0.15) is 25.0 Å². The lowest BCUT2D eigenvalue weighted by Gasteiger charge is -2.29. The van der Waals surface area contributed by atoms with Gasteiger partial charge in [0.15, 0.2) is 93.1 Å². The van der Waals surface area contributed by atoms with Crippen LogP contribution in [0.25, 0.3) is 0 Å². The average molecular weight is 839 g/mol. The van der Waals surface area contributed by atoms with Crippen LogP contribution in [-0.4, -0.2) is 12.3 Å². The molecule has 1 aliphatic heterocycles. The van der Waals surface area contributed by atoms with E-state index in [2.05, 4.69) is 0 Å². The Labute approximate surface area is 301 Å². The molecule has 2 bridgehead atoms. The van der Waals surface area contributed by atoms with Gasteiger partial charge in [0, 0.05) is 21.7 Å². The third-order valence-electron chi connectivity index (χ3n) is 9.20. The van der Waals surface area contributed by atoms with Crippen molar-refractivity contribution in [1.82, 2.24) is 0 Å². The molecule has 1 heterocycles. The molecule has 4 aromatic rings. The molecule has 2 unspecified atom stereocenters. The van der Waals surface area contributed by atoms with Crippen LogP contribution in [0.2, 0.25) is 0 Å². The molecule has 0 nitrogen and oxygen atoms in total. The highest BCUT2D eigenvalue weighted by Gasteiger charge is 2.46. The zero-order valence-corrected chi connectivity index (χ0v) is 28.9. The highest BCUT2D eigenvalue weighted by Crippen LogP contribution is 2.53. The van der Waals surface area contributed by atoms with Gasteiger partial charge in [-0.1, -0.05) is 13.8 Å². The third-order valence-corrected chi connectivity index (χ3v) is 14.8. The van der Waals surface area contributed by atoms with Gasteiger partial charge in [0.1, 0.15) is 0 Å². The van der Waals surface area contributed by atoms with Crippen molar-refractivity contribution in [3.63, 3.8) is 0 Å². The van der Waals surface area contributed by atoms with Crippen LogP contribution in [0.3, 0.4) is 0 Å². The quantitative estimate of drug-likeness (QED) is 0.0818. The second-order valence-electron chi connectivity index (χ2n) is 12.1. The van der Waals surface area contributed by atoms with Crippen LogP contribution < -0.4 is 21.2 Å². The molecule has 1 aliphatic carbocycles. The Bertz CT molecular complexity index is 2220. The van der Waals surface area contributed by atoms with Crippen molar-refractivity contribution in [2.24, 2.45) is 0 Å². The van der Waals surface area contributed by atoms with Crippen molar-refractivity contribution in [2.45, 2.75) is 26.7 Å². The molecule has 0 amide bonds. The van der Waals surface area contributed by atoms with Gasteiger partial charge in [0.25, 0.3) is 0 Å². The first kappa shape index (κ1) is 41.1. The van der Waals surface area contributed by atoms with E-state index in [1.807, 2.05) is 0 Å². The molecule has 0 aromatic heterocycles. The minimum atomic E-state index is -4.00. The minimum absolute atomic E-state index is 0.00680. The second-order valence-corrected chi connectivity index (χ2v) is 16.5. The summed E-state index contributed by atoms with van der Waals surface area (Å²) < 4.78 is 273. The number of hydrogen-bond donors (Lipinski definition) is 0. The molecule has 20 heteroatoms. The first-order valence-corrected chi connectivity index (χ1v) is 18.2. The first-order valence-electron chi connectivity index (χ1n) is 15.2. The fraction of sp³-hybridized carbons (Fsp3) is 0.171. The number of halogens is 18. The predicted octanol–water partition coefficient (Wildman–Crippen LogP) is 9.41. The fourth-order valence-electron chi connectivity index (χ4n) is 6.52. The van der Waals surface area contributed by atoms with E-state index in [0.717, 1.165) is 13.3 Å². The van der Waals surface area contributed by atoms with Crippen LogP contribution in [-0.2, 0) is 12.8 Å². The molecular formula is C35H15F18P2. The Morgan fingerprint density at radius 1 is 0.345 bits per heavy atom. The van der Waals surface area contributed by atoms with Crippen LogP contribution in [0, 0.1) is 135 Å². The zero-order chi connectivity index (χ0) is 40.9. The second kappa shape index (κ2) is 14.8. The maximum Gasteiger partial charge on any atom is 0.200 e. The first-order chi connectivity index (χ1) is 25.6. The van der Waals surface area contributed by atoms with Gasteiger partial charge in [-0.15, -0.1) is 0 Å². The molecule has 2 atom stereocenters. The van der Waals surface area contributed by atoms with Crippen LogP contribution in [0.15, 0.2) is 0 Å². The Hall–Kier alpha value is -3.52. The van der Waals surface area contributed by atoms with E-state index in [1.54, 1.807) is 0 Å². The molecular weight excluding hydrogens is 824 g/mol. The van der Waals surface area contributed by atoms with E-state index in [1.165, 1.54) is 6.92 Å². The van der Waals surface area contributed by atoms with Gasteiger partial charge in [-0.25, -0.2) is 79.0 Å². The molecule has 0 saturated heterocycles. The van der Waals surface area contributed by atoms with E-state index in [9.17, 15) is 35.1 Å². The zero-order valence-electron chi connectivity index (χ0n) is 27.1. The molecule has 4 aromatic carbocycles. The molecule has 1 saturated carbocycles. The normalized spacial score (nSPS) is 19.0. The van der Waals surface area contributed by atoms with Crippen LogP contribution in [0.4, 0.5) is 79.0 Å². The summed E-state index contributed by atoms with van der Waals surface area (Å²) in [6.07, 6.45) is -4.29. The van der Waals surface area contributed by atoms with Crippen molar-refractivity contribution < 1.29 is 79.0 Å². The lowest BCUT2D eigenvalue weighted by molar-refractivity contribution is 0.384. The van der Waals surface area contributed by atoms with Gasteiger partial charge in [-0.05, 0) is 71.1 Å². The maximum absolute atomic E-state index is 16.0. The molecule has 0 spiro atoms. The Morgan fingerprint density at radius 2 is 0.618 bits per heavy atom. The van der Waals surface area contributed by atoms with Crippen molar-refractivity contribution in [3.05, 3.63) is 146 Å². The molecule has 291 valence electrons. The van der Waals surface area contributed by atoms with Crippen LogP contribution in [0.5, 0.6) is 0 Å². The third kappa shape index (κ3) is 6.28. The molecule has 1 fully saturated rings. The topological polar surface area (TPSA) is 0 Å². The van der Waals surface area contributed by atoms with Crippen LogP contribution >= 0.6 is 15.8 Å². The largest absolute Gasteiger partial charge is 0.203 e. The summed E-state index contributed by atoms with van der Waals surface area (Å²) >= 11 is 0. The lowest BCUT2D eigenvalue weighted by atomic mass is 9.82. The number of hydrogen-bond acceptors (Lipinski definition) is 0. The van der Waals surface area contributed by atoms with Gasteiger partial charge >= 0.3 is 0 Å². The summed E-state index contributed by atoms with van der Waals surface area (Å²) in [6, 6.07) is 0. The van der Waals surface area contributed by atoms with E-state index in [-0.39, 0.29) is 23.7 Å². The molecule has 5 radical (unpaired) electrons. The SMILES string of the molecule is C[C]1[CH][C]2Cc3c(F)c(F)c(F)c(F)c3P(c3c(F)c(F)c(F)c(F)c3F)CCP(c3c(F)c(F)c(F)c(F)c3F)c3c(F)c(F)c(F)c(F)c3C[C]1[C]2C. The average Bonchev–Trinajstić information content (AvgIpc) is 3.42. The monoisotopic (exact) mass is 839 g/mol. The van der Waals surface area contributed by atoms with Gasteiger partial charge in [0.05, 0.1) is 10.6 Å². The van der Waals surface area contributed by atoms with Gasteiger partial charge < -0.3 is 0 Å². The standard InChI is InChI=1S/C35H15F18P2/c1-8-5-10-6-12-14(36)16(38)20(42)26(48)32(12)54(34-28(50)22(44)18(40)23(45)29(34)51)3-4-55(35-30(52)24(46)19(41)25(47)31(35)53)33-13(7-11(8)9(10)2)15(37)17(39)21(43)27(33)49/h5H,3-4,6-7H2,1-2H3. The van der Waals surface area contributed by atoms with E-state index in [4.69, 9.17) is 0 Å². The Morgan fingerprint density at radius 3 is 0.964 bits per heavy atom. The number of benzene rings is 4. The minimum Gasteiger partial charge on any atom is -0.203 e. The summed E-state index contributed by atoms with van der Waals surface area (Å²) in [5.74, 6) is -48.1. The molecule has 0 N–H and O–H groups in total.